The van der Waals surface area contributed by atoms with E-state index in [2.05, 4.69) is 5.32 Å². The van der Waals surface area contributed by atoms with Crippen LogP contribution in [0.15, 0.2) is 42.5 Å². The number of carboxylic acid groups (broad SMARTS) is 1. The molecule has 0 aliphatic heterocycles. The van der Waals surface area contributed by atoms with Gasteiger partial charge < -0.3 is 10.4 Å². The molecule has 3 nitrogen and oxygen atoms in total. The molecule has 0 spiro atoms. The molecular weight excluding hydrogens is 309 g/mol. The molecule has 0 bridgehead atoms. The highest BCUT2D eigenvalue weighted by atomic mass is 35.5. The summed E-state index contributed by atoms with van der Waals surface area (Å²) in [5.41, 5.74) is 1.98. The van der Waals surface area contributed by atoms with E-state index in [-0.39, 0.29) is 0 Å². The van der Waals surface area contributed by atoms with Gasteiger partial charge in [0, 0.05) is 5.69 Å². The van der Waals surface area contributed by atoms with E-state index in [0.717, 1.165) is 0 Å². The highest BCUT2D eigenvalue weighted by Gasteiger charge is 2.21. The first-order valence-corrected chi connectivity index (χ1v) is 7.33. The summed E-state index contributed by atoms with van der Waals surface area (Å²) >= 11 is 12.3. The van der Waals surface area contributed by atoms with E-state index in [9.17, 15) is 9.90 Å². The summed E-state index contributed by atoms with van der Waals surface area (Å²) < 4.78 is 0. The van der Waals surface area contributed by atoms with Gasteiger partial charge in [0.25, 0.3) is 0 Å². The molecule has 0 aliphatic rings. The van der Waals surface area contributed by atoms with Gasteiger partial charge in [0.15, 0.2) is 0 Å². The summed E-state index contributed by atoms with van der Waals surface area (Å²) in [6.45, 7) is 1.85. The summed E-state index contributed by atoms with van der Waals surface area (Å²) in [5.74, 6) is -1.42. The van der Waals surface area contributed by atoms with Crippen molar-refractivity contribution in [1.82, 2.24) is 0 Å². The van der Waals surface area contributed by atoms with Gasteiger partial charge >= 0.3 is 5.97 Å². The smallest absolute Gasteiger partial charge is 0.311 e. The molecule has 2 N–H and O–H groups in total. The molecule has 0 saturated heterocycles. The zero-order valence-corrected chi connectivity index (χ0v) is 12.9. The van der Waals surface area contributed by atoms with E-state index < -0.39 is 11.9 Å². The third-order valence-corrected chi connectivity index (χ3v) is 3.89. The van der Waals surface area contributed by atoms with Crippen LogP contribution in [0.2, 0.25) is 10.0 Å². The standard InChI is InChI=1S/C16H15Cl2NO2/c1-2-10(16(20)21)11-6-3-4-9-14(11)19-15-12(17)7-5-8-13(15)18/h3-10,19H,2H2,1H3,(H,20,21). The zero-order chi connectivity index (χ0) is 15.4. The Labute approximate surface area is 133 Å². The van der Waals surface area contributed by atoms with Crippen molar-refractivity contribution >= 4 is 40.5 Å². The minimum atomic E-state index is -0.850. The fraction of sp³-hybridized carbons (Fsp3) is 0.188. The van der Waals surface area contributed by atoms with E-state index >= 15 is 0 Å². The lowest BCUT2D eigenvalue weighted by Crippen LogP contribution is -2.12. The minimum Gasteiger partial charge on any atom is -0.481 e. The predicted octanol–water partition coefficient (Wildman–Crippen LogP) is 5.32. The summed E-state index contributed by atoms with van der Waals surface area (Å²) in [4.78, 5) is 11.4. The van der Waals surface area contributed by atoms with Crippen molar-refractivity contribution in [3.05, 3.63) is 58.1 Å². The van der Waals surface area contributed by atoms with E-state index in [1.54, 1.807) is 24.3 Å². The Balaban J connectivity index is 2.44. The molecule has 0 fully saturated rings. The van der Waals surface area contributed by atoms with Gasteiger partial charge in [-0.05, 0) is 30.2 Å². The monoisotopic (exact) mass is 323 g/mol. The number of aliphatic carboxylic acids is 1. The van der Waals surface area contributed by atoms with Crippen LogP contribution in [-0.4, -0.2) is 11.1 Å². The first kappa shape index (κ1) is 15.7. The fourth-order valence-electron chi connectivity index (χ4n) is 2.19. The largest absolute Gasteiger partial charge is 0.481 e. The van der Waals surface area contributed by atoms with Gasteiger partial charge in [0.05, 0.1) is 21.7 Å². The van der Waals surface area contributed by atoms with Crippen molar-refractivity contribution < 1.29 is 9.90 Å². The Morgan fingerprint density at radius 1 is 1.14 bits per heavy atom. The average molecular weight is 324 g/mol. The maximum Gasteiger partial charge on any atom is 0.311 e. The number of halogens is 2. The summed E-state index contributed by atoms with van der Waals surface area (Å²) in [6, 6.07) is 12.5. The van der Waals surface area contributed by atoms with Crippen LogP contribution in [0.3, 0.4) is 0 Å². The van der Waals surface area contributed by atoms with E-state index in [1.807, 2.05) is 25.1 Å². The van der Waals surface area contributed by atoms with Crippen molar-refractivity contribution in [2.75, 3.05) is 5.32 Å². The summed E-state index contributed by atoms with van der Waals surface area (Å²) in [7, 11) is 0. The number of hydrogen-bond donors (Lipinski definition) is 2. The number of para-hydroxylation sites is 2. The van der Waals surface area contributed by atoms with Crippen LogP contribution in [0.25, 0.3) is 0 Å². The Bertz CT molecular complexity index is 638. The Morgan fingerprint density at radius 2 is 1.76 bits per heavy atom. The zero-order valence-electron chi connectivity index (χ0n) is 11.4. The molecule has 2 aromatic carbocycles. The quantitative estimate of drug-likeness (QED) is 0.783. The topological polar surface area (TPSA) is 49.3 Å². The molecule has 110 valence electrons. The second-order valence-corrected chi connectivity index (χ2v) is 5.42. The molecule has 5 heteroatoms. The first-order chi connectivity index (χ1) is 10.0. The molecule has 0 heterocycles. The van der Waals surface area contributed by atoms with Crippen LogP contribution >= 0.6 is 23.2 Å². The third-order valence-electron chi connectivity index (χ3n) is 3.26. The molecular formula is C16H15Cl2NO2. The second kappa shape index (κ2) is 6.83. The molecule has 0 aliphatic carbocycles. The van der Waals surface area contributed by atoms with Gasteiger partial charge in [-0.15, -0.1) is 0 Å². The predicted molar refractivity (Wildman–Crippen MR) is 86.9 cm³/mol. The molecule has 0 amide bonds. The molecule has 0 aromatic heterocycles. The second-order valence-electron chi connectivity index (χ2n) is 4.61. The summed E-state index contributed by atoms with van der Waals surface area (Å²) in [5, 5.41) is 13.5. The SMILES string of the molecule is CCC(C(=O)O)c1ccccc1Nc1c(Cl)cccc1Cl. The van der Waals surface area contributed by atoms with E-state index in [0.29, 0.717) is 33.4 Å². The number of hydrogen-bond acceptors (Lipinski definition) is 2. The number of nitrogens with one attached hydrogen (secondary N) is 1. The van der Waals surface area contributed by atoms with Gasteiger partial charge in [0.2, 0.25) is 0 Å². The van der Waals surface area contributed by atoms with Crippen molar-refractivity contribution in [2.45, 2.75) is 19.3 Å². The maximum absolute atomic E-state index is 11.4. The average Bonchev–Trinajstić information content (AvgIpc) is 2.45. The minimum absolute atomic E-state index is 0.487. The molecule has 0 radical (unpaired) electrons. The normalized spacial score (nSPS) is 12.0. The van der Waals surface area contributed by atoms with Crippen molar-refractivity contribution in [1.29, 1.82) is 0 Å². The highest BCUT2D eigenvalue weighted by Crippen LogP contribution is 2.35. The number of rotatable bonds is 5. The fourth-order valence-corrected chi connectivity index (χ4v) is 2.69. The Morgan fingerprint density at radius 3 is 2.33 bits per heavy atom. The van der Waals surface area contributed by atoms with Gasteiger partial charge in [-0.2, -0.15) is 0 Å². The van der Waals surface area contributed by atoms with Crippen molar-refractivity contribution in [3.8, 4) is 0 Å². The van der Waals surface area contributed by atoms with Gasteiger partial charge in [-0.25, -0.2) is 0 Å². The maximum atomic E-state index is 11.4. The lowest BCUT2D eigenvalue weighted by atomic mass is 9.95. The van der Waals surface area contributed by atoms with Crippen molar-refractivity contribution in [3.63, 3.8) is 0 Å². The third kappa shape index (κ3) is 3.49. The van der Waals surface area contributed by atoms with E-state index in [1.165, 1.54) is 0 Å². The van der Waals surface area contributed by atoms with Crippen LogP contribution in [0.5, 0.6) is 0 Å². The molecule has 0 saturated carbocycles. The molecule has 1 atom stereocenters. The van der Waals surface area contributed by atoms with Crippen LogP contribution in [-0.2, 0) is 4.79 Å². The molecule has 2 rings (SSSR count). The number of benzene rings is 2. The lowest BCUT2D eigenvalue weighted by Gasteiger charge is -2.18. The summed E-state index contributed by atoms with van der Waals surface area (Å²) in [6.07, 6.45) is 0.504. The lowest BCUT2D eigenvalue weighted by molar-refractivity contribution is -0.138. The highest BCUT2D eigenvalue weighted by molar-refractivity contribution is 6.39. The van der Waals surface area contributed by atoms with Gasteiger partial charge in [0.1, 0.15) is 0 Å². The molecule has 21 heavy (non-hydrogen) atoms. The number of carbonyl (C=O) groups is 1. The van der Waals surface area contributed by atoms with Crippen LogP contribution in [0.4, 0.5) is 11.4 Å². The Hall–Kier alpha value is -1.71. The van der Waals surface area contributed by atoms with Crippen LogP contribution < -0.4 is 5.32 Å². The van der Waals surface area contributed by atoms with E-state index in [4.69, 9.17) is 23.2 Å². The number of anilines is 2. The number of carboxylic acids is 1. The first-order valence-electron chi connectivity index (χ1n) is 6.57. The van der Waals surface area contributed by atoms with Crippen molar-refractivity contribution in [2.24, 2.45) is 0 Å². The molecule has 1 unspecified atom stereocenters. The molecule has 2 aromatic rings. The van der Waals surface area contributed by atoms with Crippen LogP contribution in [0.1, 0.15) is 24.8 Å². The van der Waals surface area contributed by atoms with Crippen LogP contribution in [0, 0.1) is 0 Å². The van der Waals surface area contributed by atoms with Gasteiger partial charge in [-0.3, -0.25) is 4.79 Å². The Kier molecular flexibility index (Phi) is 5.10. The van der Waals surface area contributed by atoms with Gasteiger partial charge in [-0.1, -0.05) is 54.4 Å².